The van der Waals surface area contributed by atoms with Crippen LogP contribution in [0.4, 0.5) is 0 Å². The van der Waals surface area contributed by atoms with Gasteiger partial charge < -0.3 is 34.1 Å². The van der Waals surface area contributed by atoms with E-state index in [0.29, 0.717) is 29.4 Å². The third-order valence-electron chi connectivity index (χ3n) is 4.27. The van der Waals surface area contributed by atoms with Crippen LogP contribution in [0.15, 0.2) is 12.1 Å². The number of nitrogens with one attached hydrogen (secondary N) is 1. The van der Waals surface area contributed by atoms with Crippen molar-refractivity contribution in [1.29, 1.82) is 0 Å². The molecule has 0 unspecified atom stereocenters. The lowest BCUT2D eigenvalue weighted by atomic mass is 10.1. The minimum Gasteiger partial charge on any atom is -0.493 e. The lowest BCUT2D eigenvalue weighted by molar-refractivity contribution is 0.0178. The van der Waals surface area contributed by atoms with Crippen LogP contribution in [0.25, 0.3) is 0 Å². The Labute approximate surface area is 139 Å². The zero-order valence-corrected chi connectivity index (χ0v) is 13.8. The molecule has 2 N–H and O–H groups in total. The maximum absolute atomic E-state index is 12.6. The number of methoxy groups -OCH3 is 3. The summed E-state index contributed by atoms with van der Waals surface area (Å²) < 4.78 is 26.8. The zero-order chi connectivity index (χ0) is 17.3. The number of aliphatic hydroxyl groups is 1. The number of hydrogen-bond acceptors (Lipinski definition) is 7. The second-order valence-electron chi connectivity index (χ2n) is 5.66. The number of carbonyl (C=O) groups excluding carboxylic acids is 1. The number of rotatable bonds is 5. The SMILES string of the molecule is COc1cc(C(=O)N[C@H]2CO[C@H]3[C@@H]2OC[C@H]3O)cc(OC)c1OC. The van der Waals surface area contributed by atoms with Crippen LogP contribution in [0, 0.1) is 0 Å². The summed E-state index contributed by atoms with van der Waals surface area (Å²) in [5, 5.41) is 12.6. The van der Waals surface area contributed by atoms with E-state index in [0.717, 1.165) is 0 Å². The molecule has 0 aliphatic carbocycles. The minimum absolute atomic E-state index is 0.214. The zero-order valence-electron chi connectivity index (χ0n) is 13.8. The molecule has 1 aromatic rings. The summed E-state index contributed by atoms with van der Waals surface area (Å²) >= 11 is 0. The van der Waals surface area contributed by atoms with E-state index in [-0.39, 0.29) is 24.7 Å². The van der Waals surface area contributed by atoms with Crippen molar-refractivity contribution in [1.82, 2.24) is 5.32 Å². The largest absolute Gasteiger partial charge is 0.493 e. The van der Waals surface area contributed by atoms with Gasteiger partial charge >= 0.3 is 0 Å². The van der Waals surface area contributed by atoms with E-state index >= 15 is 0 Å². The molecule has 8 heteroatoms. The first kappa shape index (κ1) is 16.8. The molecule has 1 amide bonds. The van der Waals surface area contributed by atoms with Crippen molar-refractivity contribution in [2.45, 2.75) is 24.4 Å². The molecular formula is C16H21NO7. The molecule has 0 radical (unpaired) electrons. The molecule has 0 saturated carbocycles. The third kappa shape index (κ3) is 2.88. The van der Waals surface area contributed by atoms with E-state index < -0.39 is 12.2 Å². The van der Waals surface area contributed by atoms with Crippen LogP contribution in [-0.4, -0.2) is 69.9 Å². The number of hydrogen-bond donors (Lipinski definition) is 2. The molecule has 2 aliphatic heterocycles. The Morgan fingerprint density at radius 2 is 1.71 bits per heavy atom. The molecule has 0 bridgehead atoms. The average molecular weight is 339 g/mol. The molecule has 24 heavy (non-hydrogen) atoms. The molecule has 1 aromatic carbocycles. The van der Waals surface area contributed by atoms with Crippen molar-refractivity contribution in [2.75, 3.05) is 34.5 Å². The Hall–Kier alpha value is -2.03. The normalized spacial score (nSPS) is 28.3. The van der Waals surface area contributed by atoms with Crippen molar-refractivity contribution >= 4 is 5.91 Å². The van der Waals surface area contributed by atoms with E-state index in [4.69, 9.17) is 23.7 Å². The fraction of sp³-hybridized carbons (Fsp3) is 0.562. The van der Waals surface area contributed by atoms with Gasteiger partial charge in [-0.1, -0.05) is 0 Å². The standard InChI is InChI=1S/C16H21NO7/c1-20-11-4-8(5-12(21-2)15(11)22-3)16(19)17-9-6-23-14-10(18)7-24-13(9)14/h4-5,9-10,13-14,18H,6-7H2,1-3H3,(H,17,19)/t9-,10+,13+,14+/m0/s1. The highest BCUT2D eigenvalue weighted by Crippen LogP contribution is 2.38. The lowest BCUT2D eigenvalue weighted by Gasteiger charge is -2.18. The maximum atomic E-state index is 12.6. The van der Waals surface area contributed by atoms with Crippen molar-refractivity contribution < 1.29 is 33.6 Å². The van der Waals surface area contributed by atoms with Crippen LogP contribution in [-0.2, 0) is 9.47 Å². The number of amides is 1. The summed E-state index contributed by atoms with van der Waals surface area (Å²) in [5.41, 5.74) is 0.367. The molecule has 132 valence electrons. The van der Waals surface area contributed by atoms with Crippen molar-refractivity contribution in [3.63, 3.8) is 0 Å². The molecule has 4 atom stereocenters. The molecule has 8 nitrogen and oxygen atoms in total. The fourth-order valence-electron chi connectivity index (χ4n) is 3.07. The summed E-state index contributed by atoms with van der Waals surface area (Å²) in [6.45, 7) is 0.508. The topological polar surface area (TPSA) is 95.5 Å². The molecule has 2 fully saturated rings. The van der Waals surface area contributed by atoms with E-state index in [1.165, 1.54) is 21.3 Å². The second kappa shape index (κ2) is 6.84. The molecule has 2 heterocycles. The number of carbonyl (C=O) groups is 1. The van der Waals surface area contributed by atoms with Gasteiger partial charge in [-0.3, -0.25) is 4.79 Å². The summed E-state index contributed by atoms with van der Waals surface area (Å²) in [6.07, 6.45) is -1.39. The van der Waals surface area contributed by atoms with Gasteiger partial charge in [0.05, 0.1) is 40.6 Å². The van der Waals surface area contributed by atoms with Crippen LogP contribution in [0.2, 0.25) is 0 Å². The first-order valence-corrected chi connectivity index (χ1v) is 7.61. The van der Waals surface area contributed by atoms with Gasteiger partial charge in [-0.25, -0.2) is 0 Å². The monoisotopic (exact) mass is 339 g/mol. The van der Waals surface area contributed by atoms with Crippen molar-refractivity contribution in [3.05, 3.63) is 17.7 Å². The number of aliphatic hydroxyl groups excluding tert-OH is 1. The van der Waals surface area contributed by atoms with Gasteiger partial charge in [0.1, 0.15) is 18.3 Å². The Morgan fingerprint density at radius 3 is 2.29 bits per heavy atom. The summed E-state index contributed by atoms with van der Waals surface area (Å²) in [7, 11) is 4.48. The van der Waals surface area contributed by atoms with Crippen molar-refractivity contribution in [2.24, 2.45) is 0 Å². The summed E-state index contributed by atoms with van der Waals surface area (Å²) in [5.74, 6) is 0.904. The van der Waals surface area contributed by atoms with E-state index in [9.17, 15) is 9.90 Å². The fourth-order valence-corrected chi connectivity index (χ4v) is 3.07. The molecule has 2 saturated heterocycles. The maximum Gasteiger partial charge on any atom is 0.251 e. The van der Waals surface area contributed by atoms with Gasteiger partial charge in [-0.05, 0) is 12.1 Å². The lowest BCUT2D eigenvalue weighted by Crippen LogP contribution is -2.44. The third-order valence-corrected chi connectivity index (χ3v) is 4.27. The smallest absolute Gasteiger partial charge is 0.251 e. The van der Waals surface area contributed by atoms with Gasteiger partial charge in [0.2, 0.25) is 5.75 Å². The van der Waals surface area contributed by atoms with Crippen LogP contribution < -0.4 is 19.5 Å². The Morgan fingerprint density at radius 1 is 1.08 bits per heavy atom. The van der Waals surface area contributed by atoms with Gasteiger partial charge in [0, 0.05) is 5.56 Å². The summed E-state index contributed by atoms with van der Waals surface area (Å²) in [4.78, 5) is 12.6. The molecule has 0 aromatic heterocycles. The average Bonchev–Trinajstić information content (AvgIpc) is 3.17. The van der Waals surface area contributed by atoms with Gasteiger partial charge in [0.25, 0.3) is 5.91 Å². The second-order valence-corrected chi connectivity index (χ2v) is 5.66. The predicted molar refractivity (Wildman–Crippen MR) is 82.8 cm³/mol. The van der Waals surface area contributed by atoms with Crippen LogP contribution in [0.1, 0.15) is 10.4 Å². The van der Waals surface area contributed by atoms with Crippen LogP contribution in [0.3, 0.4) is 0 Å². The van der Waals surface area contributed by atoms with Crippen molar-refractivity contribution in [3.8, 4) is 17.2 Å². The number of ether oxygens (including phenoxy) is 5. The van der Waals surface area contributed by atoms with Gasteiger partial charge in [-0.15, -0.1) is 0 Å². The number of fused-ring (bicyclic) bond motifs is 1. The highest BCUT2D eigenvalue weighted by Gasteiger charge is 2.47. The highest BCUT2D eigenvalue weighted by molar-refractivity contribution is 5.96. The molecule has 0 spiro atoms. The Bertz CT molecular complexity index is 595. The quantitative estimate of drug-likeness (QED) is 0.778. The molecular weight excluding hydrogens is 318 g/mol. The first-order chi connectivity index (χ1) is 11.6. The minimum atomic E-state index is -0.655. The molecule has 3 rings (SSSR count). The van der Waals surface area contributed by atoms with E-state index in [1.54, 1.807) is 12.1 Å². The first-order valence-electron chi connectivity index (χ1n) is 7.61. The Balaban J connectivity index is 1.78. The van der Waals surface area contributed by atoms with E-state index in [1.807, 2.05) is 0 Å². The van der Waals surface area contributed by atoms with Gasteiger partial charge in [-0.2, -0.15) is 0 Å². The summed E-state index contributed by atoms with van der Waals surface area (Å²) in [6, 6.07) is 2.83. The van der Waals surface area contributed by atoms with Gasteiger partial charge in [0.15, 0.2) is 11.5 Å². The predicted octanol–water partition coefficient (Wildman–Crippen LogP) is -0.0307. The highest BCUT2D eigenvalue weighted by atomic mass is 16.6. The Kier molecular flexibility index (Phi) is 4.79. The molecule has 2 aliphatic rings. The van der Waals surface area contributed by atoms with Crippen LogP contribution >= 0.6 is 0 Å². The van der Waals surface area contributed by atoms with E-state index in [2.05, 4.69) is 5.32 Å². The number of benzene rings is 1. The van der Waals surface area contributed by atoms with Crippen LogP contribution in [0.5, 0.6) is 17.2 Å².